The summed E-state index contributed by atoms with van der Waals surface area (Å²) >= 11 is 0. The molecule has 0 aromatic heterocycles. The first kappa shape index (κ1) is 86.7. The number of unbranched alkanes of at least 4 members (excludes halogenated alkanes) is 33. The van der Waals surface area contributed by atoms with Gasteiger partial charge in [-0.2, -0.15) is 0 Å². The van der Waals surface area contributed by atoms with Crippen LogP contribution in [0.2, 0.25) is 0 Å². The molecule has 12 N–H and O–H groups in total. The average molecular weight is 1350 g/mol. The molecule has 3 aliphatic heterocycles. The van der Waals surface area contributed by atoms with Crippen molar-refractivity contribution in [2.24, 2.45) is 0 Å². The van der Waals surface area contributed by atoms with Gasteiger partial charge in [-0.25, -0.2) is 0 Å². The molecule has 3 fully saturated rings. The fourth-order valence-corrected chi connectivity index (χ4v) is 12.8. The molecule has 0 aromatic rings. The largest absolute Gasteiger partial charge is 0.394 e. The zero-order valence-electron chi connectivity index (χ0n) is 58.9. The van der Waals surface area contributed by atoms with Crippen LogP contribution in [0, 0.1) is 0 Å². The van der Waals surface area contributed by atoms with E-state index in [1.165, 1.54) is 173 Å². The summed E-state index contributed by atoms with van der Waals surface area (Å²) in [5.41, 5.74) is 0. The van der Waals surface area contributed by atoms with Gasteiger partial charge in [-0.1, -0.05) is 280 Å². The van der Waals surface area contributed by atoms with Gasteiger partial charge in [0.2, 0.25) is 5.91 Å². The molecular weight excluding hydrogens is 1210 g/mol. The molecule has 17 atom stereocenters. The van der Waals surface area contributed by atoms with E-state index < -0.39 is 124 Å². The van der Waals surface area contributed by atoms with Crippen molar-refractivity contribution in [2.75, 3.05) is 26.4 Å². The molecule has 3 rings (SSSR count). The number of nitrogens with one attached hydrogen (secondary N) is 1. The van der Waals surface area contributed by atoms with E-state index >= 15 is 0 Å². The van der Waals surface area contributed by atoms with Crippen LogP contribution in [0.3, 0.4) is 0 Å². The Balaban J connectivity index is 1.35. The fraction of sp³-hybridized carbons (Fsp3) is 0.855. The number of ether oxygens (including phenoxy) is 6. The zero-order chi connectivity index (χ0) is 68.9. The number of aliphatic hydroxyl groups excluding tert-OH is 11. The highest BCUT2D eigenvalue weighted by Gasteiger charge is 2.53. The number of amides is 1. The van der Waals surface area contributed by atoms with Gasteiger partial charge in [0.1, 0.15) is 73.2 Å². The summed E-state index contributed by atoms with van der Waals surface area (Å²) in [6, 6.07) is -0.888. The van der Waals surface area contributed by atoms with Gasteiger partial charge in [0.15, 0.2) is 18.9 Å². The van der Waals surface area contributed by atoms with Gasteiger partial charge in [-0.05, 0) is 57.8 Å². The molecule has 0 radical (unpaired) electrons. The van der Waals surface area contributed by atoms with Gasteiger partial charge in [0.05, 0.1) is 38.6 Å². The van der Waals surface area contributed by atoms with E-state index in [1.807, 2.05) is 0 Å². The van der Waals surface area contributed by atoms with Crippen LogP contribution in [0.4, 0.5) is 0 Å². The molecule has 3 aliphatic rings. The first-order chi connectivity index (χ1) is 46.3. The van der Waals surface area contributed by atoms with Crippen LogP contribution in [0.25, 0.3) is 0 Å². The van der Waals surface area contributed by atoms with Gasteiger partial charge in [0, 0.05) is 6.42 Å². The third kappa shape index (κ3) is 38.2. The molecule has 1 amide bonds. The smallest absolute Gasteiger partial charge is 0.220 e. The molecule has 0 spiro atoms. The SMILES string of the molecule is CC/C=C\C/C=C\C/C=C\C/C=C\C/C=C\CCCCCCCCCCCCCCCCCCCC(=O)NC(COC1OC(CO)C(OC2OC(CO)C(OC3OC(CO)C(O)C(O)C3O)C(O)C2O)C(O)C1O)C(O)CCCCCCCCCCCCCCCCCCC. The Hall–Kier alpha value is -2.51. The molecule has 0 saturated carbocycles. The normalized spacial score (nSPS) is 27.5. The number of rotatable bonds is 59. The lowest BCUT2D eigenvalue weighted by atomic mass is 9.96. The number of allylic oxidation sites excluding steroid dienone is 10. The summed E-state index contributed by atoms with van der Waals surface area (Å²) in [4.78, 5) is 13.5. The molecule has 19 heteroatoms. The quantitative estimate of drug-likeness (QED) is 0.0199. The van der Waals surface area contributed by atoms with Gasteiger partial charge in [-0.3, -0.25) is 4.79 Å². The summed E-state index contributed by atoms with van der Waals surface area (Å²) < 4.78 is 34.5. The summed E-state index contributed by atoms with van der Waals surface area (Å²) in [6.07, 6.45) is 44.5. The van der Waals surface area contributed by atoms with Crippen molar-refractivity contribution in [3.05, 3.63) is 60.8 Å². The number of aliphatic hydroxyl groups is 11. The van der Waals surface area contributed by atoms with E-state index in [0.717, 1.165) is 77.0 Å². The molecular formula is C76H137NO18. The average Bonchev–Trinajstić information content (AvgIpc) is 0.786. The summed E-state index contributed by atoms with van der Waals surface area (Å²) in [6.45, 7) is 1.71. The molecule has 17 unspecified atom stereocenters. The molecule has 0 bridgehead atoms. The number of hydrogen-bond donors (Lipinski definition) is 12. The molecule has 0 aromatic carbocycles. The maximum absolute atomic E-state index is 13.5. The second kappa shape index (κ2) is 57.2. The van der Waals surface area contributed by atoms with E-state index in [4.69, 9.17) is 28.4 Å². The van der Waals surface area contributed by atoms with Crippen LogP contribution < -0.4 is 5.32 Å². The van der Waals surface area contributed by atoms with Crippen molar-refractivity contribution in [1.29, 1.82) is 0 Å². The minimum absolute atomic E-state index is 0.241. The van der Waals surface area contributed by atoms with Gasteiger partial charge in [0.25, 0.3) is 0 Å². The minimum Gasteiger partial charge on any atom is -0.394 e. The topological polar surface area (TPSA) is 307 Å². The maximum Gasteiger partial charge on any atom is 0.220 e. The summed E-state index contributed by atoms with van der Waals surface area (Å²) in [7, 11) is 0. The molecule has 19 nitrogen and oxygen atoms in total. The Bertz CT molecular complexity index is 1950. The highest BCUT2D eigenvalue weighted by molar-refractivity contribution is 5.76. The van der Waals surface area contributed by atoms with Gasteiger partial charge >= 0.3 is 0 Å². The van der Waals surface area contributed by atoms with E-state index in [1.54, 1.807) is 0 Å². The second-order valence-electron chi connectivity index (χ2n) is 27.1. The standard InChI is InChI=1S/C76H137NO18/c1-3-5-7-9-11-13-15-17-19-21-22-23-24-25-26-27-28-29-30-31-32-33-34-35-36-38-40-42-44-46-48-50-52-54-64(82)77-59(60(81)53-51-49-47-45-43-41-39-37-20-18-16-14-12-10-8-6-4-2)58-90-74-70(88)67(85)72(62(56-79)92-74)95-76-71(89)68(86)73(63(57-80)93-76)94-75-69(87)66(84)65(83)61(55-78)91-75/h5,7,11,13,17,19,22-23,25-26,59-63,65-76,78-81,83-89H,3-4,6,8-10,12,14-16,18,20-21,24,27-58H2,1-2H3,(H,77,82)/b7-5-,13-11-,19-17-,23-22-,26-25-. The van der Waals surface area contributed by atoms with E-state index in [-0.39, 0.29) is 18.9 Å². The molecule has 3 saturated heterocycles. The van der Waals surface area contributed by atoms with Crippen LogP contribution in [0.1, 0.15) is 284 Å². The molecule has 95 heavy (non-hydrogen) atoms. The van der Waals surface area contributed by atoms with Crippen LogP contribution in [-0.2, 0) is 33.2 Å². The van der Waals surface area contributed by atoms with Crippen LogP contribution >= 0.6 is 0 Å². The van der Waals surface area contributed by atoms with Gasteiger partial charge < -0.3 is 89.9 Å². The van der Waals surface area contributed by atoms with Crippen molar-refractivity contribution < 1.29 is 89.4 Å². The monoisotopic (exact) mass is 1350 g/mol. The highest BCUT2D eigenvalue weighted by Crippen LogP contribution is 2.33. The zero-order valence-corrected chi connectivity index (χ0v) is 58.9. The van der Waals surface area contributed by atoms with Crippen LogP contribution in [-0.4, -0.2) is 193 Å². The maximum atomic E-state index is 13.5. The van der Waals surface area contributed by atoms with Crippen LogP contribution in [0.15, 0.2) is 60.8 Å². The molecule has 554 valence electrons. The molecule has 0 aliphatic carbocycles. The summed E-state index contributed by atoms with van der Waals surface area (Å²) in [5, 5.41) is 121. The van der Waals surface area contributed by atoms with Crippen molar-refractivity contribution in [3.8, 4) is 0 Å². The predicted molar refractivity (Wildman–Crippen MR) is 374 cm³/mol. The summed E-state index contributed by atoms with van der Waals surface area (Å²) in [5.74, 6) is -0.241. The van der Waals surface area contributed by atoms with Crippen molar-refractivity contribution >= 4 is 5.91 Å². The highest BCUT2D eigenvalue weighted by atomic mass is 16.8. The second-order valence-corrected chi connectivity index (χ2v) is 27.1. The number of carbonyl (C=O) groups excluding carboxylic acids is 1. The fourth-order valence-electron chi connectivity index (χ4n) is 12.8. The Labute approximate surface area is 573 Å². The van der Waals surface area contributed by atoms with Crippen molar-refractivity contribution in [2.45, 2.75) is 388 Å². The third-order valence-electron chi connectivity index (χ3n) is 18.9. The third-order valence-corrected chi connectivity index (χ3v) is 18.9. The number of carbonyl (C=O) groups is 1. The lowest BCUT2D eigenvalue weighted by Crippen LogP contribution is -2.66. The first-order valence-electron chi connectivity index (χ1n) is 38.0. The van der Waals surface area contributed by atoms with Crippen molar-refractivity contribution in [3.63, 3.8) is 0 Å². The van der Waals surface area contributed by atoms with Gasteiger partial charge in [-0.15, -0.1) is 0 Å². The van der Waals surface area contributed by atoms with E-state index in [9.17, 15) is 61.0 Å². The Kier molecular flexibility index (Phi) is 52.2. The van der Waals surface area contributed by atoms with Crippen LogP contribution in [0.5, 0.6) is 0 Å². The Morgan fingerprint density at radius 2 is 0.726 bits per heavy atom. The number of hydrogen-bond acceptors (Lipinski definition) is 18. The Morgan fingerprint density at radius 3 is 1.14 bits per heavy atom. The van der Waals surface area contributed by atoms with E-state index in [0.29, 0.717) is 12.8 Å². The van der Waals surface area contributed by atoms with Crippen molar-refractivity contribution in [1.82, 2.24) is 5.32 Å². The first-order valence-corrected chi connectivity index (χ1v) is 38.0. The molecule has 3 heterocycles. The van der Waals surface area contributed by atoms with E-state index in [2.05, 4.69) is 79.9 Å². The lowest BCUT2D eigenvalue weighted by molar-refractivity contribution is -0.379. The lowest BCUT2D eigenvalue weighted by Gasteiger charge is -2.48. The Morgan fingerprint density at radius 1 is 0.389 bits per heavy atom. The predicted octanol–water partition coefficient (Wildman–Crippen LogP) is 11.5. The minimum atomic E-state index is -1.97.